The summed E-state index contributed by atoms with van der Waals surface area (Å²) in [6, 6.07) is 1.68. The number of aromatic nitrogens is 2. The van der Waals surface area contributed by atoms with Gasteiger partial charge in [0.1, 0.15) is 6.10 Å². The van der Waals surface area contributed by atoms with Crippen molar-refractivity contribution in [3.63, 3.8) is 0 Å². The maximum absolute atomic E-state index is 11.9. The predicted octanol–water partition coefficient (Wildman–Crippen LogP) is 4.04. The Labute approximate surface area is 131 Å². The van der Waals surface area contributed by atoms with E-state index in [1.54, 1.807) is 18.5 Å². The Morgan fingerprint density at radius 1 is 1.27 bits per heavy atom. The van der Waals surface area contributed by atoms with E-state index in [4.69, 9.17) is 9.78 Å². The number of carbonyl (C=O) groups is 1. The van der Waals surface area contributed by atoms with E-state index in [9.17, 15) is 4.79 Å². The molecule has 0 bridgehead atoms. The maximum Gasteiger partial charge on any atom is 0.465 e. The van der Waals surface area contributed by atoms with Crippen molar-refractivity contribution >= 4 is 6.09 Å². The fraction of sp³-hybridized carbons (Fsp3) is 0.765. The molecule has 122 valence electrons. The Morgan fingerprint density at radius 2 is 1.91 bits per heavy atom. The van der Waals surface area contributed by atoms with Gasteiger partial charge in [-0.3, -0.25) is 4.89 Å². The summed E-state index contributed by atoms with van der Waals surface area (Å²) in [5.74, 6) is 2.46. The molecule has 1 aromatic rings. The quantitative estimate of drug-likeness (QED) is 0.588. The largest absolute Gasteiger partial charge is 0.465 e. The van der Waals surface area contributed by atoms with Gasteiger partial charge in [-0.15, -0.1) is 0 Å². The molecule has 0 spiro atoms. The van der Waals surface area contributed by atoms with Crippen molar-refractivity contribution < 1.29 is 14.6 Å². The van der Waals surface area contributed by atoms with Gasteiger partial charge in [-0.2, -0.15) is 14.7 Å². The number of nitrogens with zero attached hydrogens (tertiary/aromatic N) is 2. The fourth-order valence-corrected chi connectivity index (χ4v) is 3.12. The molecule has 2 aliphatic carbocycles. The third kappa shape index (κ3) is 3.88. The van der Waals surface area contributed by atoms with Crippen LogP contribution in [0.25, 0.3) is 0 Å². The molecule has 1 heterocycles. The molecule has 0 saturated heterocycles. The van der Waals surface area contributed by atoms with Crippen molar-refractivity contribution in [1.82, 2.24) is 9.78 Å². The lowest BCUT2D eigenvalue weighted by molar-refractivity contribution is -0.297. The summed E-state index contributed by atoms with van der Waals surface area (Å²) < 4.78 is 1.14. The average Bonchev–Trinajstić information content (AvgIpc) is 3.38. The molecule has 1 unspecified atom stereocenters. The van der Waals surface area contributed by atoms with Crippen molar-refractivity contribution in [3.8, 4) is 0 Å². The minimum Gasteiger partial charge on any atom is -0.273 e. The molecule has 5 heteroatoms. The molecule has 0 amide bonds. The van der Waals surface area contributed by atoms with Crippen LogP contribution in [0, 0.1) is 23.2 Å². The Morgan fingerprint density at radius 3 is 2.36 bits per heavy atom. The summed E-state index contributed by atoms with van der Waals surface area (Å²) >= 11 is 0. The van der Waals surface area contributed by atoms with Crippen LogP contribution in [0.4, 0.5) is 4.79 Å². The summed E-state index contributed by atoms with van der Waals surface area (Å²) in [5, 5.41) is 3.86. The van der Waals surface area contributed by atoms with Crippen molar-refractivity contribution in [2.75, 3.05) is 0 Å². The van der Waals surface area contributed by atoms with Crippen LogP contribution in [0.5, 0.6) is 0 Å². The van der Waals surface area contributed by atoms with E-state index in [0.29, 0.717) is 0 Å². The monoisotopic (exact) mass is 306 g/mol. The van der Waals surface area contributed by atoms with Crippen LogP contribution in [0.3, 0.4) is 0 Å². The zero-order chi connectivity index (χ0) is 15.7. The number of hydrogen-bond donors (Lipinski definition) is 0. The zero-order valence-corrected chi connectivity index (χ0v) is 13.7. The summed E-state index contributed by atoms with van der Waals surface area (Å²) in [5.41, 5.74) is -0.0631. The van der Waals surface area contributed by atoms with E-state index in [1.807, 2.05) is 0 Å². The van der Waals surface area contributed by atoms with Crippen molar-refractivity contribution in [3.05, 3.63) is 18.5 Å². The van der Waals surface area contributed by atoms with Crippen LogP contribution in [-0.4, -0.2) is 22.0 Å². The first-order valence-electron chi connectivity index (χ1n) is 8.32. The molecule has 0 aliphatic heterocycles. The third-order valence-corrected chi connectivity index (χ3v) is 4.83. The SMILES string of the molecule is CC(C)(C)C(CC(C1CC1)C1CC1)OOC(=O)n1cccn1. The molecule has 2 fully saturated rings. The molecule has 0 N–H and O–H groups in total. The molecule has 1 aromatic heterocycles. The van der Waals surface area contributed by atoms with Gasteiger partial charge in [0, 0.05) is 12.4 Å². The summed E-state index contributed by atoms with van der Waals surface area (Å²) in [4.78, 5) is 22.5. The van der Waals surface area contributed by atoms with E-state index >= 15 is 0 Å². The van der Waals surface area contributed by atoms with E-state index in [1.165, 1.54) is 25.7 Å². The molecule has 3 rings (SSSR count). The first-order chi connectivity index (χ1) is 10.4. The molecule has 5 nitrogen and oxygen atoms in total. The highest BCUT2D eigenvalue weighted by atomic mass is 17.2. The van der Waals surface area contributed by atoms with Crippen LogP contribution in [-0.2, 0) is 9.78 Å². The van der Waals surface area contributed by atoms with E-state index in [-0.39, 0.29) is 11.5 Å². The lowest BCUT2D eigenvalue weighted by Gasteiger charge is -2.31. The van der Waals surface area contributed by atoms with Crippen LogP contribution in [0.2, 0.25) is 0 Å². The molecular weight excluding hydrogens is 280 g/mol. The van der Waals surface area contributed by atoms with Gasteiger partial charge in [-0.05, 0) is 61.3 Å². The van der Waals surface area contributed by atoms with E-state index in [2.05, 4.69) is 25.9 Å². The summed E-state index contributed by atoms with van der Waals surface area (Å²) in [6.07, 6.45) is 8.80. The molecule has 2 saturated carbocycles. The second-order valence-corrected chi connectivity index (χ2v) is 7.83. The van der Waals surface area contributed by atoms with Crippen molar-refractivity contribution in [2.45, 2.75) is 59.0 Å². The Hall–Kier alpha value is -1.36. The molecule has 2 aliphatic rings. The van der Waals surface area contributed by atoms with Gasteiger partial charge in [0.15, 0.2) is 0 Å². The topological polar surface area (TPSA) is 53.4 Å². The second kappa shape index (κ2) is 6.03. The minimum atomic E-state index is -0.589. The van der Waals surface area contributed by atoms with E-state index in [0.717, 1.165) is 28.9 Å². The maximum atomic E-state index is 11.9. The standard InChI is InChI=1S/C17H26N2O3/c1-17(2,3)15(11-14(12-5-6-12)13-7-8-13)21-22-16(20)19-10-4-9-18-19/h4,9-10,12-15H,5-8,11H2,1-3H3. The van der Waals surface area contributed by atoms with Gasteiger partial charge in [0.25, 0.3) is 0 Å². The highest BCUT2D eigenvalue weighted by Crippen LogP contribution is 2.52. The minimum absolute atomic E-state index is 0.0631. The highest BCUT2D eigenvalue weighted by Gasteiger charge is 2.44. The highest BCUT2D eigenvalue weighted by molar-refractivity contribution is 5.68. The lowest BCUT2D eigenvalue weighted by atomic mass is 9.80. The van der Waals surface area contributed by atoms with Crippen LogP contribution >= 0.6 is 0 Å². The normalized spacial score (nSPS) is 20.2. The van der Waals surface area contributed by atoms with Crippen LogP contribution < -0.4 is 0 Å². The Kier molecular flexibility index (Phi) is 4.26. The van der Waals surface area contributed by atoms with Crippen molar-refractivity contribution in [2.24, 2.45) is 23.2 Å². The summed E-state index contributed by atoms with van der Waals surface area (Å²) in [7, 11) is 0. The van der Waals surface area contributed by atoms with Crippen LogP contribution in [0.15, 0.2) is 18.5 Å². The van der Waals surface area contributed by atoms with Gasteiger partial charge >= 0.3 is 6.09 Å². The third-order valence-electron chi connectivity index (χ3n) is 4.83. The van der Waals surface area contributed by atoms with Crippen LogP contribution in [0.1, 0.15) is 52.9 Å². The second-order valence-electron chi connectivity index (χ2n) is 7.83. The van der Waals surface area contributed by atoms with E-state index < -0.39 is 6.09 Å². The van der Waals surface area contributed by atoms with Gasteiger partial charge < -0.3 is 0 Å². The summed E-state index contributed by atoms with van der Waals surface area (Å²) in [6.45, 7) is 6.41. The first-order valence-corrected chi connectivity index (χ1v) is 8.32. The molecule has 0 aromatic carbocycles. The lowest BCUT2D eigenvalue weighted by Crippen LogP contribution is -2.34. The number of carbonyl (C=O) groups excluding carboxylic acids is 1. The zero-order valence-electron chi connectivity index (χ0n) is 13.7. The molecular formula is C17H26N2O3. The molecule has 22 heavy (non-hydrogen) atoms. The molecule has 0 radical (unpaired) electrons. The van der Waals surface area contributed by atoms with Gasteiger partial charge in [-0.25, -0.2) is 4.79 Å². The first kappa shape index (κ1) is 15.5. The molecule has 1 atom stereocenters. The predicted molar refractivity (Wildman–Crippen MR) is 82.0 cm³/mol. The Bertz CT molecular complexity index is 486. The van der Waals surface area contributed by atoms with Gasteiger partial charge in [-0.1, -0.05) is 20.8 Å². The smallest absolute Gasteiger partial charge is 0.273 e. The van der Waals surface area contributed by atoms with Gasteiger partial charge in [0.05, 0.1) is 0 Å². The van der Waals surface area contributed by atoms with Gasteiger partial charge in [0.2, 0.25) is 0 Å². The number of hydrogen-bond acceptors (Lipinski definition) is 4. The Balaban J connectivity index is 1.58. The average molecular weight is 306 g/mol. The fourth-order valence-electron chi connectivity index (χ4n) is 3.12. The number of rotatable bonds is 6. The van der Waals surface area contributed by atoms with Crippen molar-refractivity contribution in [1.29, 1.82) is 0 Å².